The van der Waals surface area contributed by atoms with Crippen molar-refractivity contribution in [2.24, 2.45) is 0 Å². The fraction of sp³-hybridized carbons (Fsp3) is 0.727. The summed E-state index contributed by atoms with van der Waals surface area (Å²) < 4.78 is 1.94. The number of aromatic nitrogens is 2. The molecule has 0 amide bonds. The van der Waals surface area contributed by atoms with Gasteiger partial charge in [0.2, 0.25) is 5.82 Å². The van der Waals surface area contributed by atoms with E-state index in [0.717, 1.165) is 6.54 Å². The second-order valence-corrected chi connectivity index (χ2v) is 5.87. The third-order valence-electron chi connectivity index (χ3n) is 3.40. The zero-order chi connectivity index (χ0) is 13.3. The smallest absolute Gasteiger partial charge is 0.333 e. The highest BCUT2D eigenvalue weighted by molar-refractivity contribution is 8.00. The van der Waals surface area contributed by atoms with Gasteiger partial charge in [0.05, 0.1) is 4.92 Å². The van der Waals surface area contributed by atoms with E-state index in [9.17, 15) is 10.1 Å². The fourth-order valence-electron chi connectivity index (χ4n) is 2.03. The van der Waals surface area contributed by atoms with Gasteiger partial charge >= 0.3 is 5.69 Å². The molecule has 7 heteroatoms. The standard InChI is InChI=1S/C11H18N4O2S/c1-4-14-10(9(15(16)17)8(2)13-14)12-7-11(18-3)5-6-11/h12H,4-7H2,1-3H3. The number of thioether (sulfide) groups is 1. The molecule has 1 fully saturated rings. The Morgan fingerprint density at radius 3 is 2.72 bits per heavy atom. The monoisotopic (exact) mass is 270 g/mol. The van der Waals surface area contributed by atoms with Crippen molar-refractivity contribution in [1.82, 2.24) is 9.78 Å². The van der Waals surface area contributed by atoms with Crippen molar-refractivity contribution in [3.63, 3.8) is 0 Å². The van der Waals surface area contributed by atoms with E-state index in [1.54, 1.807) is 11.6 Å². The van der Waals surface area contributed by atoms with Crippen molar-refractivity contribution in [3.05, 3.63) is 15.8 Å². The first-order valence-electron chi connectivity index (χ1n) is 6.04. The van der Waals surface area contributed by atoms with Crippen LogP contribution in [0.4, 0.5) is 11.5 Å². The SMILES string of the molecule is CCn1nc(C)c([N+](=O)[O-])c1NCC1(SC)CC1. The van der Waals surface area contributed by atoms with E-state index >= 15 is 0 Å². The molecule has 1 aliphatic rings. The number of nitro groups is 1. The van der Waals surface area contributed by atoms with E-state index in [0.29, 0.717) is 18.1 Å². The first-order chi connectivity index (χ1) is 8.53. The lowest BCUT2D eigenvalue weighted by Crippen LogP contribution is -2.20. The minimum Gasteiger partial charge on any atom is -0.363 e. The van der Waals surface area contributed by atoms with Crippen molar-refractivity contribution in [2.75, 3.05) is 18.1 Å². The average molecular weight is 270 g/mol. The molecule has 1 N–H and O–H groups in total. The van der Waals surface area contributed by atoms with Gasteiger partial charge in [0.1, 0.15) is 5.69 Å². The molecule has 6 nitrogen and oxygen atoms in total. The summed E-state index contributed by atoms with van der Waals surface area (Å²) in [6, 6.07) is 0. The molecular formula is C11H18N4O2S. The van der Waals surface area contributed by atoms with Crippen molar-refractivity contribution < 1.29 is 4.92 Å². The lowest BCUT2D eigenvalue weighted by molar-refractivity contribution is -0.384. The molecule has 1 aromatic rings. The van der Waals surface area contributed by atoms with E-state index in [1.807, 2.05) is 18.7 Å². The Hall–Kier alpha value is -1.24. The third kappa shape index (κ3) is 2.31. The zero-order valence-electron chi connectivity index (χ0n) is 10.9. The zero-order valence-corrected chi connectivity index (χ0v) is 11.7. The Balaban J connectivity index is 2.22. The second-order valence-electron chi connectivity index (χ2n) is 4.60. The van der Waals surface area contributed by atoms with Gasteiger partial charge in [-0.2, -0.15) is 16.9 Å². The van der Waals surface area contributed by atoms with Crippen molar-refractivity contribution in [3.8, 4) is 0 Å². The van der Waals surface area contributed by atoms with Crippen LogP contribution in [0.3, 0.4) is 0 Å². The lowest BCUT2D eigenvalue weighted by atomic mass is 10.3. The minimum absolute atomic E-state index is 0.105. The van der Waals surface area contributed by atoms with Crippen LogP contribution in [0.15, 0.2) is 0 Å². The molecule has 0 aliphatic heterocycles. The number of hydrogen-bond acceptors (Lipinski definition) is 5. The van der Waals surface area contributed by atoms with Crippen LogP contribution in [0.5, 0.6) is 0 Å². The molecule has 1 heterocycles. The van der Waals surface area contributed by atoms with Gasteiger partial charge < -0.3 is 5.32 Å². The summed E-state index contributed by atoms with van der Waals surface area (Å²) in [4.78, 5) is 10.7. The van der Waals surface area contributed by atoms with Gasteiger partial charge in [-0.3, -0.25) is 10.1 Å². The quantitative estimate of drug-likeness (QED) is 0.635. The average Bonchev–Trinajstić information content (AvgIpc) is 3.04. The highest BCUT2D eigenvalue weighted by atomic mass is 32.2. The van der Waals surface area contributed by atoms with Crippen LogP contribution in [0.25, 0.3) is 0 Å². The predicted molar refractivity (Wildman–Crippen MR) is 73.3 cm³/mol. The summed E-state index contributed by atoms with van der Waals surface area (Å²) in [7, 11) is 0. The Bertz CT molecular complexity index is 468. The molecule has 100 valence electrons. The number of aryl methyl sites for hydroxylation is 2. The largest absolute Gasteiger partial charge is 0.363 e. The van der Waals surface area contributed by atoms with Crippen LogP contribution in [-0.4, -0.2) is 32.3 Å². The Morgan fingerprint density at radius 1 is 1.61 bits per heavy atom. The van der Waals surface area contributed by atoms with E-state index in [2.05, 4.69) is 16.7 Å². The van der Waals surface area contributed by atoms with E-state index in [1.165, 1.54) is 12.8 Å². The molecule has 0 spiro atoms. The maximum absolute atomic E-state index is 11.1. The molecule has 0 saturated heterocycles. The van der Waals surface area contributed by atoms with Crippen molar-refractivity contribution >= 4 is 23.3 Å². The third-order valence-corrected chi connectivity index (χ3v) is 4.82. The van der Waals surface area contributed by atoms with E-state index in [4.69, 9.17) is 0 Å². The highest BCUT2D eigenvalue weighted by Gasteiger charge is 2.42. The summed E-state index contributed by atoms with van der Waals surface area (Å²) in [5, 5.41) is 18.5. The molecule has 2 rings (SSSR count). The molecule has 0 unspecified atom stereocenters. The van der Waals surface area contributed by atoms with Gasteiger partial charge in [0.15, 0.2) is 0 Å². The normalized spacial score (nSPS) is 16.6. The molecule has 1 saturated carbocycles. The summed E-state index contributed by atoms with van der Waals surface area (Å²) in [6.45, 7) is 5.00. The number of rotatable bonds is 6. The van der Waals surface area contributed by atoms with Crippen LogP contribution in [0.2, 0.25) is 0 Å². The molecular weight excluding hydrogens is 252 g/mol. The minimum atomic E-state index is -0.352. The van der Waals surface area contributed by atoms with Crippen LogP contribution in [0.1, 0.15) is 25.5 Å². The van der Waals surface area contributed by atoms with Gasteiger partial charge in [-0.05, 0) is 32.9 Å². The maximum atomic E-state index is 11.1. The Kier molecular flexibility index (Phi) is 3.52. The molecule has 0 aromatic carbocycles. The van der Waals surface area contributed by atoms with E-state index < -0.39 is 0 Å². The van der Waals surface area contributed by atoms with Gasteiger partial charge in [-0.15, -0.1) is 0 Å². The Morgan fingerprint density at radius 2 is 2.28 bits per heavy atom. The first kappa shape index (κ1) is 13.2. The molecule has 1 aliphatic carbocycles. The Labute approximate surface area is 110 Å². The number of anilines is 1. The van der Waals surface area contributed by atoms with Gasteiger partial charge in [0.25, 0.3) is 0 Å². The molecule has 0 bridgehead atoms. The van der Waals surface area contributed by atoms with Crippen molar-refractivity contribution in [2.45, 2.75) is 38.0 Å². The summed E-state index contributed by atoms with van der Waals surface area (Å²) in [5.41, 5.74) is 0.576. The number of nitrogens with zero attached hydrogens (tertiary/aromatic N) is 3. The van der Waals surface area contributed by atoms with Crippen LogP contribution in [0, 0.1) is 17.0 Å². The topological polar surface area (TPSA) is 73.0 Å². The molecule has 1 aromatic heterocycles. The number of hydrogen-bond donors (Lipinski definition) is 1. The molecule has 18 heavy (non-hydrogen) atoms. The highest BCUT2D eigenvalue weighted by Crippen LogP contribution is 2.47. The van der Waals surface area contributed by atoms with Gasteiger partial charge in [-0.25, -0.2) is 4.68 Å². The lowest BCUT2D eigenvalue weighted by Gasteiger charge is -2.14. The number of nitrogens with one attached hydrogen (secondary N) is 1. The summed E-state index contributed by atoms with van der Waals surface area (Å²) in [6.07, 6.45) is 4.44. The van der Waals surface area contributed by atoms with Crippen LogP contribution >= 0.6 is 11.8 Å². The summed E-state index contributed by atoms with van der Waals surface area (Å²) >= 11 is 1.83. The predicted octanol–water partition coefficient (Wildman–Crippen LogP) is 2.43. The van der Waals surface area contributed by atoms with Crippen LogP contribution < -0.4 is 5.32 Å². The van der Waals surface area contributed by atoms with Gasteiger partial charge in [-0.1, -0.05) is 0 Å². The van der Waals surface area contributed by atoms with E-state index in [-0.39, 0.29) is 15.4 Å². The fourth-order valence-corrected chi connectivity index (χ4v) is 2.76. The molecule has 0 atom stereocenters. The second kappa shape index (κ2) is 4.79. The first-order valence-corrected chi connectivity index (χ1v) is 7.26. The van der Waals surface area contributed by atoms with Gasteiger partial charge in [0, 0.05) is 17.8 Å². The van der Waals surface area contributed by atoms with Crippen molar-refractivity contribution in [1.29, 1.82) is 0 Å². The molecule has 0 radical (unpaired) electrons. The van der Waals surface area contributed by atoms with Crippen LogP contribution in [-0.2, 0) is 6.54 Å². The summed E-state index contributed by atoms with van der Waals surface area (Å²) in [5.74, 6) is 0.542. The maximum Gasteiger partial charge on any atom is 0.333 e.